The first kappa shape index (κ1) is 9.51. The predicted molar refractivity (Wildman–Crippen MR) is 59.2 cm³/mol. The number of rotatable bonds is 3. The van der Waals surface area contributed by atoms with Crippen LogP contribution < -0.4 is 11.1 Å². The van der Waals surface area contributed by atoms with Crippen LogP contribution in [-0.4, -0.2) is 14.8 Å². The van der Waals surface area contributed by atoms with E-state index in [0.29, 0.717) is 6.54 Å². The topological polar surface area (TPSA) is 68.8 Å². The van der Waals surface area contributed by atoms with Crippen LogP contribution in [0.1, 0.15) is 5.82 Å². The molecule has 0 aliphatic carbocycles. The molecule has 1 heterocycles. The van der Waals surface area contributed by atoms with Gasteiger partial charge in [0.15, 0.2) is 5.82 Å². The van der Waals surface area contributed by atoms with Crippen molar-refractivity contribution in [2.24, 2.45) is 7.05 Å². The van der Waals surface area contributed by atoms with Crippen molar-refractivity contribution in [3.8, 4) is 0 Å². The molecule has 0 fully saturated rings. The minimum absolute atomic E-state index is 0.578. The van der Waals surface area contributed by atoms with Gasteiger partial charge in [-0.15, -0.1) is 0 Å². The Bertz CT molecular complexity index is 449. The average Bonchev–Trinajstić information content (AvgIpc) is 2.63. The number of hydrogen-bond donors (Lipinski definition) is 2. The van der Waals surface area contributed by atoms with Crippen molar-refractivity contribution in [1.82, 2.24) is 14.8 Å². The SMILES string of the molecule is Cn1cnc(CNc2ccccc2N)n1. The Morgan fingerprint density at radius 1 is 1.40 bits per heavy atom. The van der Waals surface area contributed by atoms with E-state index in [2.05, 4.69) is 15.4 Å². The largest absolute Gasteiger partial charge is 0.397 e. The second-order valence-electron chi connectivity index (χ2n) is 3.28. The highest BCUT2D eigenvalue weighted by atomic mass is 15.3. The molecular formula is C10H13N5. The third kappa shape index (κ3) is 2.25. The molecular weight excluding hydrogens is 190 g/mol. The quantitative estimate of drug-likeness (QED) is 0.730. The van der Waals surface area contributed by atoms with Crippen LogP contribution in [0.5, 0.6) is 0 Å². The summed E-state index contributed by atoms with van der Waals surface area (Å²) in [7, 11) is 1.84. The van der Waals surface area contributed by atoms with Gasteiger partial charge in [-0.1, -0.05) is 12.1 Å². The third-order valence-corrected chi connectivity index (χ3v) is 2.04. The molecule has 78 valence electrons. The fraction of sp³-hybridized carbons (Fsp3) is 0.200. The van der Waals surface area contributed by atoms with E-state index in [1.165, 1.54) is 0 Å². The van der Waals surface area contributed by atoms with E-state index in [4.69, 9.17) is 5.73 Å². The van der Waals surface area contributed by atoms with Crippen LogP contribution in [0, 0.1) is 0 Å². The normalized spacial score (nSPS) is 10.2. The minimum atomic E-state index is 0.578. The van der Waals surface area contributed by atoms with Crippen LogP contribution in [0.3, 0.4) is 0 Å². The summed E-state index contributed by atoms with van der Waals surface area (Å²) < 4.78 is 1.67. The molecule has 1 aromatic heterocycles. The Morgan fingerprint density at radius 2 is 2.20 bits per heavy atom. The standard InChI is InChI=1S/C10H13N5/c1-15-7-13-10(14-15)6-12-9-5-3-2-4-8(9)11/h2-5,7,12H,6,11H2,1H3. The Kier molecular flexibility index (Phi) is 2.53. The lowest BCUT2D eigenvalue weighted by Crippen LogP contribution is -2.04. The molecule has 0 aliphatic heterocycles. The van der Waals surface area contributed by atoms with Crippen molar-refractivity contribution in [2.45, 2.75) is 6.54 Å². The molecule has 1 aromatic carbocycles. The number of aromatic nitrogens is 3. The van der Waals surface area contributed by atoms with Gasteiger partial charge in [0.2, 0.25) is 0 Å². The molecule has 2 aromatic rings. The van der Waals surface area contributed by atoms with Crippen molar-refractivity contribution < 1.29 is 0 Å². The number of aryl methyl sites for hydroxylation is 1. The van der Waals surface area contributed by atoms with Crippen molar-refractivity contribution in [2.75, 3.05) is 11.1 Å². The van der Waals surface area contributed by atoms with Gasteiger partial charge in [0, 0.05) is 7.05 Å². The molecule has 2 rings (SSSR count). The lowest BCUT2D eigenvalue weighted by atomic mass is 10.3. The number of nitrogens with zero attached hydrogens (tertiary/aromatic N) is 3. The summed E-state index contributed by atoms with van der Waals surface area (Å²) in [5.41, 5.74) is 7.42. The second kappa shape index (κ2) is 4.00. The molecule has 3 N–H and O–H groups in total. The molecule has 5 heteroatoms. The molecule has 0 atom stereocenters. The van der Waals surface area contributed by atoms with Crippen LogP contribution >= 0.6 is 0 Å². The van der Waals surface area contributed by atoms with Gasteiger partial charge in [-0.25, -0.2) is 4.98 Å². The Labute approximate surface area is 87.9 Å². The summed E-state index contributed by atoms with van der Waals surface area (Å²) in [6, 6.07) is 7.62. The van der Waals surface area contributed by atoms with Gasteiger partial charge < -0.3 is 11.1 Å². The average molecular weight is 203 g/mol. The maximum Gasteiger partial charge on any atom is 0.169 e. The minimum Gasteiger partial charge on any atom is -0.397 e. The first-order valence-electron chi connectivity index (χ1n) is 4.68. The van der Waals surface area contributed by atoms with E-state index < -0.39 is 0 Å². The van der Waals surface area contributed by atoms with Crippen LogP contribution in [0.15, 0.2) is 30.6 Å². The molecule has 0 bridgehead atoms. The van der Waals surface area contributed by atoms with Gasteiger partial charge in [0.25, 0.3) is 0 Å². The third-order valence-electron chi connectivity index (χ3n) is 2.04. The summed E-state index contributed by atoms with van der Waals surface area (Å²) in [6.45, 7) is 0.578. The van der Waals surface area contributed by atoms with Crippen LogP contribution in [0.4, 0.5) is 11.4 Å². The van der Waals surface area contributed by atoms with Gasteiger partial charge in [-0.3, -0.25) is 4.68 Å². The fourth-order valence-corrected chi connectivity index (χ4v) is 1.30. The van der Waals surface area contributed by atoms with Crippen molar-refractivity contribution in [1.29, 1.82) is 0 Å². The lowest BCUT2D eigenvalue weighted by Gasteiger charge is -2.06. The van der Waals surface area contributed by atoms with E-state index in [-0.39, 0.29) is 0 Å². The molecule has 0 amide bonds. The van der Waals surface area contributed by atoms with Crippen molar-refractivity contribution in [3.63, 3.8) is 0 Å². The van der Waals surface area contributed by atoms with E-state index in [9.17, 15) is 0 Å². The van der Waals surface area contributed by atoms with E-state index in [1.807, 2.05) is 31.3 Å². The van der Waals surface area contributed by atoms with Gasteiger partial charge in [0.1, 0.15) is 6.33 Å². The number of para-hydroxylation sites is 2. The van der Waals surface area contributed by atoms with Gasteiger partial charge in [-0.2, -0.15) is 5.10 Å². The highest BCUT2D eigenvalue weighted by Gasteiger charge is 2.00. The zero-order valence-corrected chi connectivity index (χ0v) is 8.51. The van der Waals surface area contributed by atoms with E-state index >= 15 is 0 Å². The smallest absolute Gasteiger partial charge is 0.169 e. The predicted octanol–water partition coefficient (Wildman–Crippen LogP) is 1.01. The van der Waals surface area contributed by atoms with Crippen molar-refractivity contribution >= 4 is 11.4 Å². The number of benzene rings is 1. The summed E-state index contributed by atoms with van der Waals surface area (Å²) >= 11 is 0. The lowest BCUT2D eigenvalue weighted by molar-refractivity contribution is 0.747. The molecule has 0 unspecified atom stereocenters. The monoisotopic (exact) mass is 203 g/mol. The Balaban J connectivity index is 2.02. The molecule has 0 spiro atoms. The molecule has 0 radical (unpaired) electrons. The molecule has 0 aliphatic rings. The molecule has 5 nitrogen and oxygen atoms in total. The van der Waals surface area contributed by atoms with E-state index in [0.717, 1.165) is 17.2 Å². The van der Waals surface area contributed by atoms with E-state index in [1.54, 1.807) is 11.0 Å². The van der Waals surface area contributed by atoms with Crippen LogP contribution in [-0.2, 0) is 13.6 Å². The fourth-order valence-electron chi connectivity index (χ4n) is 1.30. The van der Waals surface area contributed by atoms with Crippen LogP contribution in [0.2, 0.25) is 0 Å². The summed E-state index contributed by atoms with van der Waals surface area (Å²) in [5, 5.41) is 7.34. The summed E-state index contributed by atoms with van der Waals surface area (Å²) in [4.78, 5) is 4.11. The first-order chi connectivity index (χ1) is 7.25. The molecule has 0 saturated heterocycles. The number of nitrogen functional groups attached to an aromatic ring is 1. The Hall–Kier alpha value is -2.04. The highest BCUT2D eigenvalue weighted by Crippen LogP contribution is 2.16. The number of hydrogen-bond acceptors (Lipinski definition) is 4. The summed E-state index contributed by atoms with van der Waals surface area (Å²) in [6.07, 6.45) is 1.67. The van der Waals surface area contributed by atoms with Crippen molar-refractivity contribution in [3.05, 3.63) is 36.4 Å². The Morgan fingerprint density at radius 3 is 2.87 bits per heavy atom. The first-order valence-corrected chi connectivity index (χ1v) is 4.68. The number of nitrogens with one attached hydrogen (secondary N) is 1. The maximum absolute atomic E-state index is 5.78. The summed E-state index contributed by atoms with van der Waals surface area (Å²) in [5.74, 6) is 0.751. The van der Waals surface area contributed by atoms with Gasteiger partial charge in [0.05, 0.1) is 17.9 Å². The van der Waals surface area contributed by atoms with Gasteiger partial charge in [-0.05, 0) is 12.1 Å². The van der Waals surface area contributed by atoms with Crippen LogP contribution in [0.25, 0.3) is 0 Å². The zero-order valence-electron chi connectivity index (χ0n) is 8.51. The highest BCUT2D eigenvalue weighted by molar-refractivity contribution is 5.65. The molecule has 15 heavy (non-hydrogen) atoms. The number of nitrogens with two attached hydrogens (primary N) is 1. The second-order valence-corrected chi connectivity index (χ2v) is 3.28. The number of anilines is 2. The maximum atomic E-state index is 5.78. The molecule has 0 saturated carbocycles. The zero-order chi connectivity index (χ0) is 10.7. The van der Waals surface area contributed by atoms with Gasteiger partial charge >= 0.3 is 0 Å².